The van der Waals surface area contributed by atoms with Crippen LogP contribution in [0.3, 0.4) is 0 Å². The Bertz CT molecular complexity index is 326. The van der Waals surface area contributed by atoms with Crippen LogP contribution in [0.15, 0.2) is 0 Å². The van der Waals surface area contributed by atoms with E-state index in [0.717, 1.165) is 45.2 Å². The normalized spacial score (nSPS) is 28.2. The van der Waals surface area contributed by atoms with Crippen molar-refractivity contribution >= 4 is 23.1 Å². The first-order chi connectivity index (χ1) is 8.04. The third-order valence-corrected chi connectivity index (χ3v) is 4.48. The molecule has 4 nitrogen and oxygen atoms in total. The number of likely N-dealkylation sites (N-methyl/N-ethyl adjacent to an activating group) is 1. The Kier molecular flexibility index (Phi) is 3.68. The molecule has 0 aromatic rings. The Hall–Kier alpha value is -0.680. The summed E-state index contributed by atoms with van der Waals surface area (Å²) in [4.78, 5) is 15.0. The summed E-state index contributed by atoms with van der Waals surface area (Å²) in [7, 11) is 2.07. The zero-order valence-corrected chi connectivity index (χ0v) is 11.2. The highest BCUT2D eigenvalue weighted by Crippen LogP contribution is 2.38. The van der Waals surface area contributed by atoms with Gasteiger partial charge in [-0.3, -0.25) is 4.79 Å². The SMILES string of the molecule is CN1CCC(NC(=O)C2(C(N)=S)CCCC2)C1. The van der Waals surface area contributed by atoms with E-state index in [0.29, 0.717) is 4.99 Å². The van der Waals surface area contributed by atoms with Crippen LogP contribution in [0.4, 0.5) is 0 Å². The summed E-state index contributed by atoms with van der Waals surface area (Å²) in [6.45, 7) is 1.98. The minimum atomic E-state index is -0.559. The van der Waals surface area contributed by atoms with Gasteiger partial charge in [0.25, 0.3) is 0 Å². The fourth-order valence-electron chi connectivity index (χ4n) is 2.94. The van der Waals surface area contributed by atoms with E-state index in [9.17, 15) is 4.79 Å². The van der Waals surface area contributed by atoms with E-state index in [4.69, 9.17) is 18.0 Å². The van der Waals surface area contributed by atoms with Crippen LogP contribution >= 0.6 is 12.2 Å². The number of likely N-dealkylation sites (tertiary alicyclic amines) is 1. The molecule has 2 aliphatic rings. The van der Waals surface area contributed by atoms with Crippen molar-refractivity contribution in [2.45, 2.75) is 38.1 Å². The van der Waals surface area contributed by atoms with Crippen LogP contribution in [0.5, 0.6) is 0 Å². The van der Waals surface area contributed by atoms with Crippen LogP contribution < -0.4 is 11.1 Å². The number of hydrogen-bond acceptors (Lipinski definition) is 3. The van der Waals surface area contributed by atoms with Crippen molar-refractivity contribution in [3.63, 3.8) is 0 Å². The maximum Gasteiger partial charge on any atom is 0.233 e. The number of carbonyl (C=O) groups excluding carboxylic acids is 1. The minimum absolute atomic E-state index is 0.0581. The second-order valence-corrected chi connectivity index (χ2v) is 5.81. The molecular formula is C12H21N3OS. The number of carbonyl (C=O) groups is 1. The molecule has 5 heteroatoms. The topological polar surface area (TPSA) is 58.4 Å². The van der Waals surface area contributed by atoms with Crippen molar-refractivity contribution in [1.82, 2.24) is 10.2 Å². The van der Waals surface area contributed by atoms with Crippen molar-refractivity contribution in [1.29, 1.82) is 0 Å². The number of nitrogens with two attached hydrogens (primary N) is 1. The first kappa shape index (κ1) is 12.8. The number of nitrogens with zero attached hydrogens (tertiary/aromatic N) is 1. The highest BCUT2D eigenvalue weighted by atomic mass is 32.1. The average Bonchev–Trinajstić information content (AvgIpc) is 2.87. The second kappa shape index (κ2) is 4.90. The number of amides is 1. The first-order valence-electron chi connectivity index (χ1n) is 6.34. The van der Waals surface area contributed by atoms with E-state index in [1.807, 2.05) is 0 Å². The van der Waals surface area contributed by atoms with Gasteiger partial charge in [-0.05, 0) is 32.9 Å². The van der Waals surface area contributed by atoms with Gasteiger partial charge < -0.3 is 16.0 Å². The molecule has 0 aromatic heterocycles. The monoisotopic (exact) mass is 255 g/mol. The molecule has 96 valence electrons. The summed E-state index contributed by atoms with van der Waals surface area (Å²) in [6, 6.07) is 0.263. The quantitative estimate of drug-likeness (QED) is 0.727. The van der Waals surface area contributed by atoms with Crippen molar-refractivity contribution < 1.29 is 4.79 Å². The fourth-order valence-corrected chi connectivity index (χ4v) is 3.24. The van der Waals surface area contributed by atoms with Crippen molar-refractivity contribution in [2.75, 3.05) is 20.1 Å². The standard InChI is InChI=1S/C12H21N3OS/c1-15-7-4-9(8-15)14-11(16)12(10(13)17)5-2-3-6-12/h9H,2-8H2,1H3,(H2,13,17)(H,14,16). The Labute approximate surface area is 108 Å². The molecule has 0 radical (unpaired) electrons. The number of nitrogens with one attached hydrogen (secondary N) is 1. The van der Waals surface area contributed by atoms with E-state index in [2.05, 4.69) is 17.3 Å². The Balaban J connectivity index is 2.00. The lowest BCUT2D eigenvalue weighted by molar-refractivity contribution is -0.127. The molecule has 17 heavy (non-hydrogen) atoms. The molecule has 2 fully saturated rings. The van der Waals surface area contributed by atoms with Crippen molar-refractivity contribution in [2.24, 2.45) is 11.1 Å². The molecule has 2 rings (SSSR count). The Morgan fingerprint density at radius 2 is 2.12 bits per heavy atom. The van der Waals surface area contributed by atoms with Gasteiger partial charge in [-0.1, -0.05) is 25.1 Å². The molecule has 1 unspecified atom stereocenters. The van der Waals surface area contributed by atoms with Crippen LogP contribution in [0.2, 0.25) is 0 Å². The van der Waals surface area contributed by atoms with Gasteiger partial charge in [-0.2, -0.15) is 0 Å². The van der Waals surface area contributed by atoms with Gasteiger partial charge in [0.2, 0.25) is 5.91 Å². The van der Waals surface area contributed by atoms with Gasteiger partial charge in [-0.25, -0.2) is 0 Å². The van der Waals surface area contributed by atoms with Crippen LogP contribution in [0, 0.1) is 5.41 Å². The highest BCUT2D eigenvalue weighted by molar-refractivity contribution is 7.80. The molecule has 1 saturated carbocycles. The zero-order valence-electron chi connectivity index (χ0n) is 10.4. The van der Waals surface area contributed by atoms with Gasteiger partial charge in [0.05, 0.1) is 10.4 Å². The molecule has 1 aliphatic carbocycles. The van der Waals surface area contributed by atoms with E-state index in [1.165, 1.54) is 0 Å². The fraction of sp³-hybridized carbons (Fsp3) is 0.833. The second-order valence-electron chi connectivity index (χ2n) is 5.37. The Morgan fingerprint density at radius 1 is 1.47 bits per heavy atom. The predicted molar refractivity (Wildman–Crippen MR) is 71.7 cm³/mol. The molecule has 1 atom stereocenters. The summed E-state index contributed by atoms with van der Waals surface area (Å²) in [6.07, 6.45) is 4.76. The summed E-state index contributed by atoms with van der Waals surface area (Å²) in [5.41, 5.74) is 5.24. The predicted octanol–water partition coefficient (Wildman–Crippen LogP) is 0.653. The smallest absolute Gasteiger partial charge is 0.233 e. The van der Waals surface area contributed by atoms with E-state index >= 15 is 0 Å². The molecule has 1 aliphatic heterocycles. The van der Waals surface area contributed by atoms with Gasteiger partial charge in [0.15, 0.2) is 0 Å². The number of rotatable bonds is 3. The molecule has 0 bridgehead atoms. The Morgan fingerprint density at radius 3 is 2.59 bits per heavy atom. The lowest BCUT2D eigenvalue weighted by atomic mass is 9.85. The maximum absolute atomic E-state index is 12.4. The van der Waals surface area contributed by atoms with Gasteiger partial charge in [0.1, 0.15) is 0 Å². The zero-order chi connectivity index (χ0) is 12.5. The summed E-state index contributed by atoms with van der Waals surface area (Å²) < 4.78 is 0. The molecule has 0 spiro atoms. The summed E-state index contributed by atoms with van der Waals surface area (Å²) >= 11 is 5.11. The minimum Gasteiger partial charge on any atom is -0.392 e. The third-order valence-electron chi connectivity index (χ3n) is 4.09. The van der Waals surface area contributed by atoms with E-state index in [1.54, 1.807) is 0 Å². The van der Waals surface area contributed by atoms with Crippen LogP contribution in [0.1, 0.15) is 32.1 Å². The summed E-state index contributed by atoms with van der Waals surface area (Å²) in [5, 5.41) is 3.13. The summed E-state index contributed by atoms with van der Waals surface area (Å²) in [5.74, 6) is 0.0581. The molecule has 0 aromatic carbocycles. The van der Waals surface area contributed by atoms with E-state index in [-0.39, 0.29) is 11.9 Å². The molecular weight excluding hydrogens is 234 g/mol. The van der Waals surface area contributed by atoms with Gasteiger partial charge >= 0.3 is 0 Å². The molecule has 1 heterocycles. The van der Waals surface area contributed by atoms with Crippen LogP contribution in [-0.2, 0) is 4.79 Å². The van der Waals surface area contributed by atoms with Crippen molar-refractivity contribution in [3.8, 4) is 0 Å². The van der Waals surface area contributed by atoms with Crippen LogP contribution in [-0.4, -0.2) is 42.0 Å². The average molecular weight is 255 g/mol. The largest absolute Gasteiger partial charge is 0.392 e. The maximum atomic E-state index is 12.4. The van der Waals surface area contributed by atoms with Gasteiger partial charge in [0, 0.05) is 12.6 Å². The number of thiocarbonyl (C=S) groups is 1. The van der Waals surface area contributed by atoms with Crippen molar-refractivity contribution in [3.05, 3.63) is 0 Å². The van der Waals surface area contributed by atoms with Gasteiger partial charge in [-0.15, -0.1) is 0 Å². The highest BCUT2D eigenvalue weighted by Gasteiger charge is 2.44. The molecule has 3 N–H and O–H groups in total. The van der Waals surface area contributed by atoms with E-state index < -0.39 is 5.41 Å². The molecule has 1 amide bonds. The number of hydrogen-bond donors (Lipinski definition) is 2. The lowest BCUT2D eigenvalue weighted by Crippen LogP contribution is -2.50. The lowest BCUT2D eigenvalue weighted by Gasteiger charge is -2.28. The first-order valence-corrected chi connectivity index (χ1v) is 6.75. The van der Waals surface area contributed by atoms with Crippen LogP contribution in [0.25, 0.3) is 0 Å². The molecule has 1 saturated heterocycles. The third kappa shape index (κ3) is 2.45.